The Hall–Kier alpha value is -2.20. The van der Waals surface area contributed by atoms with Crippen LogP contribution in [-0.4, -0.2) is 57.6 Å². The zero-order chi connectivity index (χ0) is 26.3. The number of rotatable bonds is 11. The summed E-state index contributed by atoms with van der Waals surface area (Å²) in [7, 11) is -2.47. The van der Waals surface area contributed by atoms with Crippen molar-refractivity contribution in [1.29, 1.82) is 0 Å². The van der Waals surface area contributed by atoms with Crippen LogP contribution in [0.4, 0.5) is 5.69 Å². The molecule has 0 unspecified atom stereocenters. The minimum Gasteiger partial charge on any atom is -0.495 e. The van der Waals surface area contributed by atoms with E-state index < -0.39 is 28.5 Å². The van der Waals surface area contributed by atoms with Crippen LogP contribution in [-0.2, 0) is 26.2 Å². The summed E-state index contributed by atoms with van der Waals surface area (Å²) in [5.74, 6) is -0.631. The lowest BCUT2D eigenvalue weighted by Crippen LogP contribution is -2.52. The summed E-state index contributed by atoms with van der Waals surface area (Å²) in [4.78, 5) is 27.7. The maximum Gasteiger partial charge on any atom is 0.244 e. The van der Waals surface area contributed by atoms with E-state index in [4.69, 9.17) is 39.5 Å². The number of methoxy groups -OCH3 is 1. The summed E-state index contributed by atoms with van der Waals surface area (Å²) in [6.07, 6.45) is 1.27. The fourth-order valence-corrected chi connectivity index (χ4v) is 5.10. The Kier molecular flexibility index (Phi) is 10.5. The van der Waals surface area contributed by atoms with Crippen LogP contribution in [0.3, 0.4) is 0 Å². The van der Waals surface area contributed by atoms with Crippen molar-refractivity contribution in [2.45, 2.75) is 32.9 Å². The van der Waals surface area contributed by atoms with Gasteiger partial charge in [0.05, 0.1) is 24.1 Å². The number of anilines is 1. The second-order valence-electron chi connectivity index (χ2n) is 7.63. The normalized spacial score (nSPS) is 12.1. The first kappa shape index (κ1) is 29.0. The lowest BCUT2D eigenvalue weighted by atomic mass is 10.1. The smallest absolute Gasteiger partial charge is 0.244 e. The Bertz CT molecular complexity index is 1160. The van der Waals surface area contributed by atoms with Crippen molar-refractivity contribution in [2.75, 3.05) is 30.8 Å². The highest BCUT2D eigenvalue weighted by Gasteiger charge is 2.32. The third-order valence-corrected chi connectivity index (χ3v) is 7.37. The molecule has 0 heterocycles. The molecule has 0 radical (unpaired) electrons. The number of nitrogens with zero attached hydrogens (tertiary/aromatic N) is 2. The minimum absolute atomic E-state index is 0.0893. The van der Waals surface area contributed by atoms with Crippen LogP contribution in [0.25, 0.3) is 0 Å². The third kappa shape index (κ3) is 7.39. The molecule has 0 bridgehead atoms. The van der Waals surface area contributed by atoms with E-state index in [9.17, 15) is 18.0 Å². The van der Waals surface area contributed by atoms with Crippen LogP contribution in [0.5, 0.6) is 5.75 Å². The largest absolute Gasteiger partial charge is 0.495 e. The van der Waals surface area contributed by atoms with E-state index in [1.54, 1.807) is 32.0 Å². The Morgan fingerprint density at radius 1 is 1.06 bits per heavy atom. The highest BCUT2D eigenvalue weighted by molar-refractivity contribution is 7.92. The molecule has 0 saturated heterocycles. The first-order valence-corrected chi connectivity index (χ1v) is 13.7. The summed E-state index contributed by atoms with van der Waals surface area (Å²) in [5.41, 5.74) is 0.624. The number of carbonyl (C=O) groups excluding carboxylic acids is 2. The number of halogens is 3. The van der Waals surface area contributed by atoms with Gasteiger partial charge < -0.3 is 15.0 Å². The zero-order valence-corrected chi connectivity index (χ0v) is 22.9. The van der Waals surface area contributed by atoms with Crippen molar-refractivity contribution in [2.24, 2.45) is 0 Å². The highest BCUT2D eigenvalue weighted by Crippen LogP contribution is 2.31. The van der Waals surface area contributed by atoms with Crippen molar-refractivity contribution >= 4 is 62.3 Å². The summed E-state index contributed by atoms with van der Waals surface area (Å²) in [6, 6.07) is 8.42. The Morgan fingerprint density at radius 3 is 2.17 bits per heavy atom. The second kappa shape index (κ2) is 12.7. The molecule has 12 heteroatoms. The number of benzene rings is 2. The molecule has 0 fully saturated rings. The van der Waals surface area contributed by atoms with Gasteiger partial charge in [-0.25, -0.2) is 8.42 Å². The lowest BCUT2D eigenvalue weighted by molar-refractivity contribution is -0.140. The maximum atomic E-state index is 13.6. The number of sulfonamides is 1. The predicted molar refractivity (Wildman–Crippen MR) is 140 cm³/mol. The second-order valence-corrected chi connectivity index (χ2v) is 10.8. The van der Waals surface area contributed by atoms with E-state index in [0.717, 1.165) is 10.6 Å². The molecule has 1 N–H and O–H groups in total. The molecule has 1 atom stereocenters. The van der Waals surface area contributed by atoms with Gasteiger partial charge in [0.1, 0.15) is 18.3 Å². The molecule has 0 aromatic heterocycles. The monoisotopic (exact) mass is 563 g/mol. The molecule has 35 heavy (non-hydrogen) atoms. The summed E-state index contributed by atoms with van der Waals surface area (Å²) < 4.78 is 31.4. The molecule has 0 aliphatic carbocycles. The number of likely N-dealkylation sites (N-methyl/N-ethyl adjacent to an activating group) is 1. The molecule has 192 valence electrons. The van der Waals surface area contributed by atoms with Gasteiger partial charge in [0.15, 0.2) is 0 Å². The van der Waals surface area contributed by atoms with E-state index in [1.165, 1.54) is 30.2 Å². The predicted octanol–water partition coefficient (Wildman–Crippen LogP) is 4.36. The molecule has 2 rings (SSSR count). The van der Waals surface area contributed by atoms with E-state index in [2.05, 4.69) is 5.32 Å². The highest BCUT2D eigenvalue weighted by atomic mass is 35.5. The van der Waals surface area contributed by atoms with Crippen molar-refractivity contribution < 1.29 is 22.7 Å². The average Bonchev–Trinajstić information content (AvgIpc) is 2.78. The van der Waals surface area contributed by atoms with Crippen molar-refractivity contribution in [3.05, 3.63) is 57.0 Å². The topological polar surface area (TPSA) is 96.0 Å². The Labute approximate surface area is 221 Å². The van der Waals surface area contributed by atoms with Gasteiger partial charge in [0.25, 0.3) is 0 Å². The fraction of sp³-hybridized carbons (Fsp3) is 0.391. The number of hydrogen-bond donors (Lipinski definition) is 1. The van der Waals surface area contributed by atoms with Crippen molar-refractivity contribution in [3.63, 3.8) is 0 Å². The van der Waals surface area contributed by atoms with Crippen LogP contribution in [0.2, 0.25) is 15.1 Å². The molecule has 0 saturated carbocycles. The zero-order valence-electron chi connectivity index (χ0n) is 19.8. The molecule has 2 aromatic carbocycles. The van der Waals surface area contributed by atoms with Gasteiger partial charge in [-0.1, -0.05) is 47.8 Å². The fourth-order valence-electron chi connectivity index (χ4n) is 3.49. The average molecular weight is 565 g/mol. The van der Waals surface area contributed by atoms with Crippen LogP contribution in [0.15, 0.2) is 36.4 Å². The van der Waals surface area contributed by atoms with Crippen LogP contribution >= 0.6 is 34.8 Å². The van der Waals surface area contributed by atoms with Gasteiger partial charge in [0.2, 0.25) is 21.8 Å². The first-order valence-electron chi connectivity index (χ1n) is 10.8. The number of carbonyl (C=O) groups is 2. The summed E-state index contributed by atoms with van der Waals surface area (Å²) >= 11 is 18.9. The Balaban J connectivity index is 2.51. The maximum absolute atomic E-state index is 13.6. The standard InChI is InChI=1S/C23H28Cl3N3O5S/c1-5-20(23(31)27-6-2)28(13-16-17(24)8-7-9-18(16)25)22(30)14-29(35(4,32)33)15-10-11-21(34-3)19(26)12-15/h7-12,20H,5-6,13-14H2,1-4H3,(H,27,31)/t20-/m0/s1. The van der Waals surface area contributed by atoms with Crippen LogP contribution < -0.4 is 14.4 Å². The van der Waals surface area contributed by atoms with Gasteiger partial charge in [-0.2, -0.15) is 0 Å². The number of ether oxygens (including phenoxy) is 1. The van der Waals surface area contributed by atoms with Gasteiger partial charge in [-0.05, 0) is 43.7 Å². The quantitative estimate of drug-likeness (QED) is 0.437. The van der Waals surface area contributed by atoms with E-state index >= 15 is 0 Å². The molecule has 0 aliphatic rings. The third-order valence-electron chi connectivity index (χ3n) is 5.23. The van der Waals surface area contributed by atoms with Gasteiger partial charge in [-0.15, -0.1) is 0 Å². The van der Waals surface area contributed by atoms with Crippen LogP contribution in [0.1, 0.15) is 25.8 Å². The molecule has 0 spiro atoms. The molecular weight excluding hydrogens is 537 g/mol. The molecular formula is C23H28Cl3N3O5S. The Morgan fingerprint density at radius 2 is 1.69 bits per heavy atom. The first-order chi connectivity index (χ1) is 16.4. The molecule has 2 amide bonds. The number of hydrogen-bond acceptors (Lipinski definition) is 5. The molecule has 0 aliphatic heterocycles. The minimum atomic E-state index is -3.90. The summed E-state index contributed by atoms with van der Waals surface area (Å²) in [6.45, 7) is 3.23. The van der Waals surface area contributed by atoms with Crippen molar-refractivity contribution in [1.82, 2.24) is 10.2 Å². The van der Waals surface area contributed by atoms with Crippen LogP contribution in [0, 0.1) is 0 Å². The van der Waals surface area contributed by atoms with Gasteiger partial charge >= 0.3 is 0 Å². The van der Waals surface area contributed by atoms with E-state index in [1.807, 2.05) is 0 Å². The number of nitrogens with one attached hydrogen (secondary N) is 1. The summed E-state index contributed by atoms with van der Waals surface area (Å²) in [5, 5.41) is 3.54. The lowest BCUT2D eigenvalue weighted by Gasteiger charge is -2.33. The number of amides is 2. The van der Waals surface area contributed by atoms with E-state index in [0.29, 0.717) is 27.9 Å². The van der Waals surface area contributed by atoms with Crippen molar-refractivity contribution in [3.8, 4) is 5.75 Å². The van der Waals surface area contributed by atoms with E-state index in [-0.39, 0.29) is 29.6 Å². The molecule has 2 aromatic rings. The SMILES string of the molecule is CCNC(=O)[C@H](CC)N(Cc1c(Cl)cccc1Cl)C(=O)CN(c1ccc(OC)c(Cl)c1)S(C)(=O)=O. The molecule has 8 nitrogen and oxygen atoms in total. The van der Waals surface area contributed by atoms with Gasteiger partial charge in [0, 0.05) is 28.7 Å². The van der Waals surface area contributed by atoms with Gasteiger partial charge in [-0.3, -0.25) is 13.9 Å².